The van der Waals surface area contributed by atoms with E-state index in [0.29, 0.717) is 32.0 Å². The summed E-state index contributed by atoms with van der Waals surface area (Å²) in [6.45, 7) is -0.465. The summed E-state index contributed by atoms with van der Waals surface area (Å²) in [5, 5.41) is 8.80. The zero-order valence-electron chi connectivity index (χ0n) is 14.2. The van der Waals surface area contributed by atoms with Crippen molar-refractivity contribution in [3.63, 3.8) is 0 Å². The van der Waals surface area contributed by atoms with Gasteiger partial charge in [0.25, 0.3) is 5.91 Å². The number of thioether (sulfide) groups is 1. The van der Waals surface area contributed by atoms with Crippen molar-refractivity contribution in [3.05, 3.63) is 59.0 Å². The molecule has 0 aromatic heterocycles. The first kappa shape index (κ1) is 18.9. The van der Waals surface area contributed by atoms with Crippen LogP contribution >= 0.6 is 24.0 Å². The number of benzene rings is 2. The number of carbonyl (C=O) groups excluding carboxylic acids is 1. The first-order chi connectivity index (χ1) is 13.0. The van der Waals surface area contributed by atoms with E-state index in [-0.39, 0.29) is 5.91 Å². The van der Waals surface area contributed by atoms with Gasteiger partial charge in [-0.25, -0.2) is 4.79 Å². The maximum atomic E-state index is 12.9. The minimum Gasteiger partial charge on any atom is -0.495 e. The van der Waals surface area contributed by atoms with Gasteiger partial charge in [-0.3, -0.25) is 9.69 Å². The van der Waals surface area contributed by atoms with Gasteiger partial charge >= 0.3 is 5.97 Å². The average Bonchev–Trinajstić information content (AvgIpc) is 2.94. The zero-order valence-corrected chi connectivity index (χ0v) is 15.9. The number of carboxylic acid groups (broad SMARTS) is 1. The Bertz CT molecular complexity index is 941. The van der Waals surface area contributed by atoms with Gasteiger partial charge < -0.3 is 14.6 Å². The van der Waals surface area contributed by atoms with Crippen molar-refractivity contribution < 1.29 is 24.2 Å². The molecule has 1 N–H and O–H groups in total. The molecule has 0 aliphatic carbocycles. The molecule has 138 valence electrons. The Morgan fingerprint density at radius 1 is 1.19 bits per heavy atom. The second kappa shape index (κ2) is 8.24. The summed E-state index contributed by atoms with van der Waals surface area (Å²) >= 11 is 6.55. The molecule has 0 atom stereocenters. The van der Waals surface area contributed by atoms with E-state index < -0.39 is 12.6 Å². The monoisotopic (exact) mass is 401 g/mol. The van der Waals surface area contributed by atoms with Crippen LogP contribution in [0.5, 0.6) is 11.5 Å². The Morgan fingerprint density at radius 3 is 2.56 bits per heavy atom. The lowest BCUT2D eigenvalue weighted by molar-refractivity contribution is -0.139. The molecular weight excluding hydrogens is 386 g/mol. The lowest BCUT2D eigenvalue weighted by Gasteiger charge is -2.17. The Morgan fingerprint density at radius 2 is 1.85 bits per heavy atom. The standard InChI is InChI=1S/C19H15NO5S2/c1-24-15-9-5-3-7-13(15)20-18(23)16(27-19(20)26)10-12-6-2-4-8-14(12)25-11-17(21)22/h2-10H,11H2,1H3,(H,21,22)/b16-10+. The van der Waals surface area contributed by atoms with Crippen molar-refractivity contribution in [1.82, 2.24) is 0 Å². The third kappa shape index (κ3) is 4.12. The van der Waals surface area contributed by atoms with Crippen molar-refractivity contribution in [2.45, 2.75) is 0 Å². The smallest absolute Gasteiger partial charge is 0.341 e. The number of thiocarbonyl (C=S) groups is 1. The first-order valence-electron chi connectivity index (χ1n) is 7.86. The molecule has 8 heteroatoms. The molecule has 0 spiro atoms. The fourth-order valence-electron chi connectivity index (χ4n) is 2.50. The number of hydrogen-bond donors (Lipinski definition) is 1. The predicted molar refractivity (Wildman–Crippen MR) is 108 cm³/mol. The SMILES string of the molecule is COc1ccccc1N1C(=O)/C(=C\c2ccccc2OCC(=O)O)SC1=S. The molecule has 0 radical (unpaired) electrons. The molecule has 2 aromatic rings. The number of ether oxygens (including phenoxy) is 2. The van der Waals surface area contributed by atoms with Gasteiger partial charge in [0, 0.05) is 5.56 Å². The van der Waals surface area contributed by atoms with Crippen LogP contribution in [0.2, 0.25) is 0 Å². The first-order valence-corrected chi connectivity index (χ1v) is 9.08. The van der Waals surface area contributed by atoms with Crippen molar-refractivity contribution >= 4 is 51.9 Å². The minimum absolute atomic E-state index is 0.275. The summed E-state index contributed by atoms with van der Waals surface area (Å²) in [5.74, 6) is -0.433. The summed E-state index contributed by atoms with van der Waals surface area (Å²) < 4.78 is 11.0. The number of rotatable bonds is 6. The lowest BCUT2D eigenvalue weighted by atomic mass is 10.2. The van der Waals surface area contributed by atoms with E-state index >= 15 is 0 Å². The molecule has 1 saturated heterocycles. The third-order valence-corrected chi connectivity index (χ3v) is 4.98. The van der Waals surface area contributed by atoms with Crippen LogP contribution in [0.1, 0.15) is 5.56 Å². The molecule has 6 nitrogen and oxygen atoms in total. The van der Waals surface area contributed by atoms with Gasteiger partial charge in [-0.05, 0) is 24.3 Å². The number of carboxylic acids is 1. The minimum atomic E-state index is -1.08. The number of nitrogens with zero attached hydrogens (tertiary/aromatic N) is 1. The molecule has 1 fully saturated rings. The quantitative estimate of drug-likeness (QED) is 0.586. The Kier molecular flexibility index (Phi) is 5.78. The molecule has 1 heterocycles. The van der Waals surface area contributed by atoms with Crippen LogP contribution in [0, 0.1) is 0 Å². The van der Waals surface area contributed by atoms with Crippen LogP contribution in [0.4, 0.5) is 5.69 Å². The molecule has 0 unspecified atom stereocenters. The average molecular weight is 401 g/mol. The van der Waals surface area contributed by atoms with E-state index in [1.54, 1.807) is 48.5 Å². The van der Waals surface area contributed by atoms with Crippen LogP contribution in [0.3, 0.4) is 0 Å². The van der Waals surface area contributed by atoms with Gasteiger partial charge in [-0.15, -0.1) is 0 Å². The van der Waals surface area contributed by atoms with Gasteiger partial charge in [0.2, 0.25) is 0 Å². The molecule has 3 rings (SSSR count). The van der Waals surface area contributed by atoms with Crippen LogP contribution in [-0.2, 0) is 9.59 Å². The van der Waals surface area contributed by atoms with Crippen LogP contribution in [0.15, 0.2) is 53.4 Å². The molecule has 1 aliphatic heterocycles. The largest absolute Gasteiger partial charge is 0.495 e. The highest BCUT2D eigenvalue weighted by Gasteiger charge is 2.35. The second-order valence-electron chi connectivity index (χ2n) is 5.41. The fourth-order valence-corrected chi connectivity index (χ4v) is 3.78. The molecular formula is C19H15NO5S2. The number of hydrogen-bond acceptors (Lipinski definition) is 6. The number of para-hydroxylation sites is 3. The highest BCUT2D eigenvalue weighted by molar-refractivity contribution is 8.27. The highest BCUT2D eigenvalue weighted by Crippen LogP contribution is 2.40. The number of methoxy groups -OCH3 is 1. The van der Waals surface area contributed by atoms with Crippen LogP contribution in [-0.4, -0.2) is 35.0 Å². The molecule has 0 bridgehead atoms. The summed E-state index contributed by atoms with van der Waals surface area (Å²) in [6, 6.07) is 14.0. The number of carbonyl (C=O) groups is 2. The molecule has 0 saturated carbocycles. The van der Waals surface area contributed by atoms with E-state index in [0.717, 1.165) is 0 Å². The predicted octanol–water partition coefficient (Wildman–Crippen LogP) is 3.56. The maximum Gasteiger partial charge on any atom is 0.341 e. The summed E-state index contributed by atoms with van der Waals surface area (Å²) in [6.07, 6.45) is 1.64. The Labute approximate surface area is 165 Å². The molecule has 27 heavy (non-hydrogen) atoms. The van der Waals surface area contributed by atoms with E-state index in [2.05, 4.69) is 0 Å². The van der Waals surface area contributed by atoms with Crippen molar-refractivity contribution in [2.75, 3.05) is 18.6 Å². The maximum absolute atomic E-state index is 12.9. The van der Waals surface area contributed by atoms with E-state index in [4.69, 9.17) is 26.8 Å². The van der Waals surface area contributed by atoms with Crippen LogP contribution < -0.4 is 14.4 Å². The fraction of sp³-hybridized carbons (Fsp3) is 0.105. The van der Waals surface area contributed by atoms with Crippen molar-refractivity contribution in [3.8, 4) is 11.5 Å². The van der Waals surface area contributed by atoms with E-state index in [1.807, 2.05) is 6.07 Å². The highest BCUT2D eigenvalue weighted by atomic mass is 32.2. The second-order valence-corrected chi connectivity index (χ2v) is 7.08. The number of amides is 1. The third-order valence-electron chi connectivity index (χ3n) is 3.68. The summed E-state index contributed by atoms with van der Waals surface area (Å²) in [7, 11) is 1.53. The van der Waals surface area contributed by atoms with Crippen LogP contribution in [0.25, 0.3) is 6.08 Å². The van der Waals surface area contributed by atoms with Crippen molar-refractivity contribution in [2.24, 2.45) is 0 Å². The molecule has 2 aromatic carbocycles. The molecule has 1 amide bonds. The zero-order chi connectivity index (χ0) is 19.4. The van der Waals surface area contributed by atoms with Gasteiger partial charge in [0.15, 0.2) is 10.9 Å². The Balaban J connectivity index is 1.93. The summed E-state index contributed by atoms with van der Waals surface area (Å²) in [5.41, 5.74) is 1.17. The number of anilines is 1. The number of aliphatic carboxylic acids is 1. The Hall–Kier alpha value is -2.84. The topological polar surface area (TPSA) is 76.1 Å². The van der Waals surface area contributed by atoms with Gasteiger partial charge in [0.1, 0.15) is 11.5 Å². The normalized spacial score (nSPS) is 15.3. The van der Waals surface area contributed by atoms with Gasteiger partial charge in [0.05, 0.1) is 17.7 Å². The van der Waals surface area contributed by atoms with Crippen molar-refractivity contribution in [1.29, 1.82) is 0 Å². The molecule has 1 aliphatic rings. The lowest BCUT2D eigenvalue weighted by Crippen LogP contribution is -2.27. The van der Waals surface area contributed by atoms with E-state index in [1.165, 1.54) is 23.8 Å². The summed E-state index contributed by atoms with van der Waals surface area (Å²) in [4.78, 5) is 25.5. The van der Waals surface area contributed by atoms with Gasteiger partial charge in [-0.1, -0.05) is 54.3 Å². The van der Waals surface area contributed by atoms with E-state index in [9.17, 15) is 9.59 Å². The van der Waals surface area contributed by atoms with Gasteiger partial charge in [-0.2, -0.15) is 0 Å².